The Morgan fingerprint density at radius 1 is 1.19 bits per heavy atom. The number of aromatic nitrogens is 3. The molecule has 3 aromatic rings. The lowest BCUT2D eigenvalue weighted by atomic mass is 10.2. The zero-order chi connectivity index (χ0) is 21.6. The summed E-state index contributed by atoms with van der Waals surface area (Å²) in [5, 5.41) is 8.27. The molecule has 1 N–H and O–H groups in total. The van der Waals surface area contributed by atoms with Crippen LogP contribution in [-0.2, 0) is 17.8 Å². The van der Waals surface area contributed by atoms with Crippen LogP contribution in [0.2, 0.25) is 0 Å². The highest BCUT2D eigenvalue weighted by molar-refractivity contribution is 7.20. The smallest absolute Gasteiger partial charge is 0.410 e. The van der Waals surface area contributed by atoms with Crippen LogP contribution < -0.4 is 10.9 Å². The van der Waals surface area contributed by atoms with Gasteiger partial charge >= 0.3 is 6.09 Å². The summed E-state index contributed by atoms with van der Waals surface area (Å²) in [6, 6.07) is 11.2. The van der Waals surface area contributed by atoms with E-state index in [9.17, 15) is 9.59 Å². The van der Waals surface area contributed by atoms with E-state index in [1.54, 1.807) is 4.90 Å². The van der Waals surface area contributed by atoms with Crippen molar-refractivity contribution in [3.05, 3.63) is 58.0 Å². The van der Waals surface area contributed by atoms with Gasteiger partial charge in [-0.15, -0.1) is 5.10 Å². The fourth-order valence-corrected chi connectivity index (χ4v) is 4.24. The molecule has 0 atom stereocenters. The molecule has 1 aromatic carbocycles. The normalized spacial score (nSPS) is 14.7. The van der Waals surface area contributed by atoms with Crippen LogP contribution in [0.4, 0.5) is 9.93 Å². The highest BCUT2D eigenvalue weighted by Crippen LogP contribution is 2.16. The van der Waals surface area contributed by atoms with Gasteiger partial charge in [0.2, 0.25) is 10.1 Å². The van der Waals surface area contributed by atoms with Gasteiger partial charge < -0.3 is 15.0 Å². The van der Waals surface area contributed by atoms with Gasteiger partial charge in [0.05, 0.1) is 0 Å². The van der Waals surface area contributed by atoms with Gasteiger partial charge in [-0.1, -0.05) is 48.6 Å². The lowest BCUT2D eigenvalue weighted by Crippen LogP contribution is -2.49. The summed E-state index contributed by atoms with van der Waals surface area (Å²) < 4.78 is 6.75. The van der Waals surface area contributed by atoms with Crippen LogP contribution in [0.3, 0.4) is 0 Å². The Bertz CT molecular complexity index is 1080. The number of benzene rings is 1. The maximum absolute atomic E-state index is 12.3. The Morgan fingerprint density at radius 3 is 2.71 bits per heavy atom. The minimum Gasteiger partial charge on any atom is -0.445 e. The average Bonchev–Trinajstić information content (AvgIpc) is 3.22. The van der Waals surface area contributed by atoms with E-state index in [1.165, 1.54) is 21.9 Å². The minimum absolute atomic E-state index is 0.151. The molecule has 0 spiro atoms. The molecular weight excluding hydrogens is 416 g/mol. The van der Waals surface area contributed by atoms with Crippen LogP contribution in [-0.4, -0.2) is 69.8 Å². The highest BCUT2D eigenvalue weighted by atomic mass is 32.1. The molecule has 1 aliphatic heterocycles. The Hall–Kier alpha value is -2.98. The van der Waals surface area contributed by atoms with Gasteiger partial charge in [-0.2, -0.15) is 4.52 Å². The third kappa shape index (κ3) is 5.39. The SMILES string of the molecule is CCc1cc(=O)n2nc(NCCN3CCN(C(=O)OCc4ccccc4)CC3)sc2n1. The Kier molecular flexibility index (Phi) is 6.78. The predicted molar refractivity (Wildman–Crippen MR) is 120 cm³/mol. The second-order valence-corrected chi connectivity index (χ2v) is 8.29. The molecular formula is C21H26N6O3S. The third-order valence-electron chi connectivity index (χ3n) is 5.20. The first-order valence-electron chi connectivity index (χ1n) is 10.4. The number of hydrogen-bond acceptors (Lipinski definition) is 8. The van der Waals surface area contributed by atoms with Gasteiger partial charge in [0, 0.05) is 51.0 Å². The van der Waals surface area contributed by atoms with Crippen molar-refractivity contribution in [3.8, 4) is 0 Å². The third-order valence-corrected chi connectivity index (χ3v) is 6.07. The fourth-order valence-electron chi connectivity index (χ4n) is 3.39. The second-order valence-electron chi connectivity index (χ2n) is 7.34. The molecule has 164 valence electrons. The number of piperazine rings is 1. The van der Waals surface area contributed by atoms with Crippen LogP contribution >= 0.6 is 11.3 Å². The number of amides is 1. The minimum atomic E-state index is -0.263. The van der Waals surface area contributed by atoms with Crippen molar-refractivity contribution < 1.29 is 9.53 Å². The summed E-state index contributed by atoms with van der Waals surface area (Å²) in [6.45, 7) is 6.68. The van der Waals surface area contributed by atoms with Crippen LogP contribution in [0, 0.1) is 0 Å². The maximum Gasteiger partial charge on any atom is 0.410 e. The lowest BCUT2D eigenvalue weighted by molar-refractivity contribution is 0.0726. The molecule has 10 heteroatoms. The molecule has 1 saturated heterocycles. The molecule has 0 bridgehead atoms. The summed E-state index contributed by atoms with van der Waals surface area (Å²) in [5.41, 5.74) is 1.61. The zero-order valence-electron chi connectivity index (χ0n) is 17.5. The van der Waals surface area contributed by atoms with Crippen molar-refractivity contribution in [1.82, 2.24) is 24.4 Å². The fraction of sp³-hybridized carbons (Fsp3) is 0.429. The topological polar surface area (TPSA) is 92.1 Å². The van der Waals surface area contributed by atoms with E-state index in [4.69, 9.17) is 4.74 Å². The Balaban J connectivity index is 1.20. The number of rotatable bonds is 7. The van der Waals surface area contributed by atoms with E-state index < -0.39 is 0 Å². The lowest BCUT2D eigenvalue weighted by Gasteiger charge is -2.34. The van der Waals surface area contributed by atoms with Crippen LogP contribution in [0.15, 0.2) is 41.2 Å². The van der Waals surface area contributed by atoms with E-state index in [-0.39, 0.29) is 11.7 Å². The zero-order valence-corrected chi connectivity index (χ0v) is 18.3. The van der Waals surface area contributed by atoms with Crippen molar-refractivity contribution in [2.24, 2.45) is 0 Å². The number of aryl methyl sites for hydroxylation is 1. The molecule has 2 aromatic heterocycles. The molecule has 31 heavy (non-hydrogen) atoms. The summed E-state index contributed by atoms with van der Waals surface area (Å²) in [6.07, 6.45) is 0.457. The summed E-state index contributed by atoms with van der Waals surface area (Å²) in [5.74, 6) is 0. The quantitative estimate of drug-likeness (QED) is 0.599. The van der Waals surface area contributed by atoms with E-state index >= 15 is 0 Å². The van der Waals surface area contributed by atoms with E-state index in [2.05, 4.69) is 20.3 Å². The monoisotopic (exact) mass is 442 g/mol. The van der Waals surface area contributed by atoms with E-state index in [0.717, 1.165) is 37.3 Å². The van der Waals surface area contributed by atoms with Crippen LogP contribution in [0.1, 0.15) is 18.2 Å². The number of nitrogens with zero attached hydrogens (tertiary/aromatic N) is 5. The molecule has 1 amide bonds. The molecule has 0 aliphatic carbocycles. The molecule has 0 unspecified atom stereocenters. The molecule has 1 fully saturated rings. The van der Waals surface area contributed by atoms with Crippen LogP contribution in [0.25, 0.3) is 4.96 Å². The van der Waals surface area contributed by atoms with Crippen molar-refractivity contribution in [2.75, 3.05) is 44.6 Å². The van der Waals surface area contributed by atoms with E-state index in [0.29, 0.717) is 36.3 Å². The summed E-state index contributed by atoms with van der Waals surface area (Å²) >= 11 is 1.38. The first-order valence-corrected chi connectivity index (χ1v) is 11.3. The number of ether oxygens (including phenoxy) is 1. The van der Waals surface area contributed by atoms with Gasteiger partial charge in [0.25, 0.3) is 5.56 Å². The largest absolute Gasteiger partial charge is 0.445 e. The van der Waals surface area contributed by atoms with Crippen molar-refractivity contribution in [1.29, 1.82) is 0 Å². The van der Waals surface area contributed by atoms with Gasteiger partial charge in [0.15, 0.2) is 0 Å². The number of anilines is 1. The average molecular weight is 443 g/mol. The first-order chi connectivity index (χ1) is 15.1. The number of carbonyl (C=O) groups is 1. The number of nitrogens with one attached hydrogen (secondary N) is 1. The number of fused-ring (bicyclic) bond motifs is 1. The van der Waals surface area contributed by atoms with Gasteiger partial charge in [0.1, 0.15) is 6.61 Å². The molecule has 3 heterocycles. The van der Waals surface area contributed by atoms with Gasteiger partial charge in [-0.05, 0) is 12.0 Å². The van der Waals surface area contributed by atoms with Crippen LogP contribution in [0.5, 0.6) is 0 Å². The van der Waals surface area contributed by atoms with Crippen molar-refractivity contribution >= 4 is 27.5 Å². The highest BCUT2D eigenvalue weighted by Gasteiger charge is 2.22. The molecule has 9 nitrogen and oxygen atoms in total. The van der Waals surface area contributed by atoms with Crippen molar-refractivity contribution in [2.45, 2.75) is 20.0 Å². The summed E-state index contributed by atoms with van der Waals surface area (Å²) in [4.78, 5) is 33.5. The molecule has 4 rings (SSSR count). The Morgan fingerprint density at radius 2 is 1.97 bits per heavy atom. The number of hydrogen-bond donors (Lipinski definition) is 1. The van der Waals surface area contributed by atoms with Crippen molar-refractivity contribution in [3.63, 3.8) is 0 Å². The standard InChI is InChI=1S/C21H26N6O3S/c1-2-17-14-18(28)27-20(23-17)31-19(24-27)22-8-9-25-10-12-26(13-11-25)21(29)30-15-16-6-4-3-5-7-16/h3-7,14H,2,8-13,15H2,1H3,(H,22,24). The number of carbonyl (C=O) groups excluding carboxylic acids is 1. The maximum atomic E-state index is 12.3. The van der Waals surface area contributed by atoms with Gasteiger partial charge in [-0.3, -0.25) is 9.69 Å². The second kappa shape index (κ2) is 9.88. The Labute approximate surface area is 184 Å². The predicted octanol–water partition coefficient (Wildman–Crippen LogP) is 2.08. The molecule has 0 saturated carbocycles. The van der Waals surface area contributed by atoms with Gasteiger partial charge in [-0.25, -0.2) is 9.78 Å². The van der Waals surface area contributed by atoms with E-state index in [1.807, 2.05) is 37.3 Å². The first kappa shape index (κ1) is 21.3. The molecule has 0 radical (unpaired) electrons. The molecule has 1 aliphatic rings. The summed E-state index contributed by atoms with van der Waals surface area (Å²) in [7, 11) is 0.